The Morgan fingerprint density at radius 2 is 1.91 bits per heavy atom. The lowest BCUT2D eigenvalue weighted by atomic mass is 10.1. The van der Waals surface area contributed by atoms with Crippen LogP contribution in [-0.2, 0) is 6.54 Å². The Morgan fingerprint density at radius 1 is 1.11 bits per heavy atom. The van der Waals surface area contributed by atoms with Crippen LogP contribution in [0.2, 0.25) is 0 Å². The summed E-state index contributed by atoms with van der Waals surface area (Å²) in [6.07, 6.45) is 7.22. The number of rotatable bonds is 7. The molecule has 0 fully saturated rings. The Morgan fingerprint density at radius 3 is 2.66 bits per heavy atom. The molecule has 5 aromatic rings. The van der Waals surface area contributed by atoms with Crippen molar-refractivity contribution in [3.63, 3.8) is 0 Å². The van der Waals surface area contributed by atoms with E-state index in [1.54, 1.807) is 6.92 Å². The summed E-state index contributed by atoms with van der Waals surface area (Å²) < 4.78 is 7.23. The number of nitrogens with one attached hydrogen (secondary N) is 1. The van der Waals surface area contributed by atoms with Crippen LogP contribution in [0.4, 0.5) is 11.8 Å². The molecule has 0 unspecified atom stereocenters. The fourth-order valence-electron chi connectivity index (χ4n) is 3.51. The smallest absolute Gasteiger partial charge is 0.292 e. The van der Waals surface area contributed by atoms with Gasteiger partial charge in [-0.2, -0.15) is 10.1 Å². The Hall–Kier alpha value is -4.45. The number of aryl methyl sites for hydroxylation is 2. The maximum Gasteiger partial charge on any atom is 0.292 e. The number of benzene rings is 1. The molecule has 0 atom stereocenters. The zero-order chi connectivity index (χ0) is 24.8. The number of unbranched alkanes of at least 4 members (excludes halogenated alkanes) is 1. The normalized spacial score (nSPS) is 10.9. The third-order valence-electron chi connectivity index (χ3n) is 5.22. The summed E-state index contributed by atoms with van der Waals surface area (Å²) >= 11 is 0. The van der Waals surface area contributed by atoms with Crippen LogP contribution in [-0.4, -0.2) is 54.6 Å². The number of aldehydes is 1. The number of hydrogen-bond donors (Lipinski definition) is 3. The van der Waals surface area contributed by atoms with Crippen molar-refractivity contribution >= 4 is 40.3 Å². The number of nitrogens with zero attached hydrogens (tertiary/aromatic N) is 7. The number of carbonyl (C=O) groups excluding carboxylic acids is 1. The summed E-state index contributed by atoms with van der Waals surface area (Å²) in [5, 5.41) is 8.65. The monoisotopic (exact) mass is 474 g/mol. The van der Waals surface area contributed by atoms with E-state index in [1.165, 1.54) is 18.7 Å². The Labute approximate surface area is 200 Å². The predicted molar refractivity (Wildman–Crippen MR) is 132 cm³/mol. The first kappa shape index (κ1) is 23.7. The van der Waals surface area contributed by atoms with Gasteiger partial charge in [-0.25, -0.2) is 24.6 Å². The lowest BCUT2D eigenvalue weighted by Crippen LogP contribution is -2.09. The summed E-state index contributed by atoms with van der Waals surface area (Å²) in [5.74, 6) is 1.09. The van der Waals surface area contributed by atoms with E-state index in [1.807, 2.05) is 29.9 Å². The third-order valence-corrected chi connectivity index (χ3v) is 5.22. The number of hydrogen-bond acceptors (Lipinski definition) is 11. The van der Waals surface area contributed by atoms with Gasteiger partial charge in [0.1, 0.15) is 29.2 Å². The average molecular weight is 475 g/mol. The second-order valence-corrected chi connectivity index (χ2v) is 7.76. The molecule has 0 aliphatic carbocycles. The minimum Gasteiger partial charge on any atom is -0.424 e. The van der Waals surface area contributed by atoms with Gasteiger partial charge in [0.2, 0.25) is 0 Å². The largest absolute Gasteiger partial charge is 0.424 e. The molecule has 5 N–H and O–H groups in total. The Balaban J connectivity index is 0.000000271. The van der Waals surface area contributed by atoms with E-state index in [2.05, 4.69) is 30.2 Å². The molecular formula is C23H26N10O2. The van der Waals surface area contributed by atoms with Gasteiger partial charge in [-0.15, -0.1) is 0 Å². The molecule has 0 spiro atoms. The van der Waals surface area contributed by atoms with Gasteiger partial charge in [-0.05, 0) is 51.6 Å². The quantitative estimate of drug-likeness (QED) is 0.233. The van der Waals surface area contributed by atoms with Crippen LogP contribution in [0.5, 0.6) is 0 Å². The van der Waals surface area contributed by atoms with E-state index < -0.39 is 0 Å². The molecule has 1 aromatic carbocycles. The van der Waals surface area contributed by atoms with Crippen molar-refractivity contribution in [2.75, 3.05) is 25.1 Å². The molecular weight excluding hydrogens is 448 g/mol. The van der Waals surface area contributed by atoms with E-state index in [-0.39, 0.29) is 6.01 Å². The number of anilines is 2. The molecule has 0 saturated carbocycles. The van der Waals surface area contributed by atoms with Crippen molar-refractivity contribution in [2.45, 2.75) is 26.3 Å². The second-order valence-electron chi connectivity index (χ2n) is 7.76. The van der Waals surface area contributed by atoms with Gasteiger partial charge in [0.05, 0.1) is 10.9 Å². The van der Waals surface area contributed by atoms with Crippen LogP contribution in [0, 0.1) is 6.92 Å². The van der Waals surface area contributed by atoms with Crippen molar-refractivity contribution in [3.8, 4) is 11.3 Å². The lowest BCUT2D eigenvalue weighted by Gasteiger charge is -2.02. The molecule has 35 heavy (non-hydrogen) atoms. The maximum atomic E-state index is 10.0. The number of carbonyl (C=O) groups is 1. The Kier molecular flexibility index (Phi) is 7.21. The van der Waals surface area contributed by atoms with Crippen LogP contribution < -0.4 is 16.8 Å². The molecule has 0 radical (unpaired) electrons. The molecule has 0 amide bonds. The SMILES string of the molecule is CNCCCCn1nc(-c2ccc3oc(N)nc3c2)c2c(N)ncnc21.Cc1ncc(C=O)cn1. The number of oxazole rings is 1. The molecule has 5 rings (SSSR count). The topological polar surface area (TPSA) is 177 Å². The average Bonchev–Trinajstić information content (AvgIpc) is 3.42. The molecule has 4 heterocycles. The fourth-order valence-corrected chi connectivity index (χ4v) is 3.51. The summed E-state index contributed by atoms with van der Waals surface area (Å²) in [6, 6.07) is 5.76. The van der Waals surface area contributed by atoms with Crippen LogP contribution in [0.3, 0.4) is 0 Å². The second kappa shape index (κ2) is 10.7. The van der Waals surface area contributed by atoms with Gasteiger partial charge < -0.3 is 21.2 Å². The van der Waals surface area contributed by atoms with Gasteiger partial charge in [-0.1, -0.05) is 0 Å². The molecule has 12 nitrogen and oxygen atoms in total. The van der Waals surface area contributed by atoms with E-state index in [9.17, 15) is 4.79 Å². The van der Waals surface area contributed by atoms with E-state index in [0.717, 1.165) is 54.5 Å². The van der Waals surface area contributed by atoms with Gasteiger partial charge in [0.25, 0.3) is 6.01 Å². The number of aromatic nitrogens is 7. The molecule has 0 saturated heterocycles. The summed E-state index contributed by atoms with van der Waals surface area (Å²) in [6.45, 7) is 3.50. The number of nitrogen functional groups attached to an aromatic ring is 2. The van der Waals surface area contributed by atoms with Gasteiger partial charge in [0, 0.05) is 24.5 Å². The minimum absolute atomic E-state index is 0.139. The molecule has 12 heteroatoms. The fraction of sp³-hybridized carbons (Fsp3) is 0.261. The van der Waals surface area contributed by atoms with Crippen molar-refractivity contribution in [1.82, 2.24) is 40.0 Å². The highest BCUT2D eigenvalue weighted by molar-refractivity contribution is 5.99. The van der Waals surface area contributed by atoms with Gasteiger partial charge in [-0.3, -0.25) is 4.79 Å². The zero-order valence-electron chi connectivity index (χ0n) is 19.5. The van der Waals surface area contributed by atoms with Crippen LogP contribution in [0.25, 0.3) is 33.4 Å². The summed E-state index contributed by atoms with van der Waals surface area (Å²) in [5.41, 5.74) is 15.9. The molecule has 4 aromatic heterocycles. The lowest BCUT2D eigenvalue weighted by molar-refractivity contribution is 0.112. The standard InChI is InChI=1S/C17H20N8O.C6H6N2O/c1-20-6-2-3-7-25-16-13(15(18)21-9-22-16)14(24-25)10-4-5-12-11(8-10)23-17(19)26-12;1-5-7-2-6(4-9)3-8-5/h4-5,8-9,20H,2-3,6-7H2,1H3,(H2,19,23)(H2,18,21,22);2-4H,1H3. The molecule has 0 aliphatic heterocycles. The minimum atomic E-state index is 0.139. The van der Waals surface area contributed by atoms with Crippen molar-refractivity contribution in [2.24, 2.45) is 0 Å². The number of fused-ring (bicyclic) bond motifs is 2. The van der Waals surface area contributed by atoms with Crippen LogP contribution >= 0.6 is 0 Å². The highest BCUT2D eigenvalue weighted by Crippen LogP contribution is 2.32. The number of nitrogens with two attached hydrogens (primary N) is 2. The first-order valence-electron chi connectivity index (χ1n) is 11.0. The highest BCUT2D eigenvalue weighted by Gasteiger charge is 2.18. The first-order valence-corrected chi connectivity index (χ1v) is 11.0. The molecule has 0 bridgehead atoms. The van der Waals surface area contributed by atoms with Crippen molar-refractivity contribution < 1.29 is 9.21 Å². The van der Waals surface area contributed by atoms with Gasteiger partial charge >= 0.3 is 0 Å². The first-order chi connectivity index (χ1) is 17.0. The van der Waals surface area contributed by atoms with Gasteiger partial charge in [0.15, 0.2) is 17.5 Å². The van der Waals surface area contributed by atoms with E-state index in [0.29, 0.717) is 28.3 Å². The van der Waals surface area contributed by atoms with Crippen LogP contribution in [0.15, 0.2) is 41.3 Å². The van der Waals surface area contributed by atoms with Crippen LogP contribution in [0.1, 0.15) is 29.0 Å². The maximum absolute atomic E-state index is 10.0. The zero-order valence-corrected chi connectivity index (χ0v) is 19.5. The predicted octanol–water partition coefficient (Wildman–Crippen LogP) is 2.40. The molecule has 180 valence electrons. The van der Waals surface area contributed by atoms with E-state index >= 15 is 0 Å². The van der Waals surface area contributed by atoms with Crippen molar-refractivity contribution in [3.05, 3.63) is 48.3 Å². The summed E-state index contributed by atoms with van der Waals surface area (Å²) in [7, 11) is 1.95. The van der Waals surface area contributed by atoms with E-state index in [4.69, 9.17) is 21.0 Å². The summed E-state index contributed by atoms with van der Waals surface area (Å²) in [4.78, 5) is 30.4. The third kappa shape index (κ3) is 5.38. The molecule has 0 aliphatic rings. The van der Waals surface area contributed by atoms with Crippen molar-refractivity contribution in [1.29, 1.82) is 0 Å². The Bertz CT molecular complexity index is 1440. The highest BCUT2D eigenvalue weighted by atomic mass is 16.4.